The Bertz CT molecular complexity index is 1330. The first-order chi connectivity index (χ1) is 14.8. The molecule has 0 unspecified atom stereocenters. The van der Waals surface area contributed by atoms with Crippen LogP contribution in [0, 0.1) is 0 Å². The summed E-state index contributed by atoms with van der Waals surface area (Å²) >= 11 is 7.12. The summed E-state index contributed by atoms with van der Waals surface area (Å²) in [5, 5.41) is 0.790. The number of fused-ring (bicyclic) bond motifs is 1. The zero-order chi connectivity index (χ0) is 22.2. The SMILES string of the molecule is COc1ccc(Cl)cc1-c1c(Sc2ncccn2)c(=O)[nH]c2ccc(C(F)(F)F)cc12. The van der Waals surface area contributed by atoms with Crippen LogP contribution < -0.4 is 10.3 Å². The van der Waals surface area contributed by atoms with E-state index in [1.165, 1.54) is 25.6 Å². The van der Waals surface area contributed by atoms with E-state index in [1.807, 2.05) is 0 Å². The number of benzene rings is 2. The van der Waals surface area contributed by atoms with Crippen LogP contribution in [0.25, 0.3) is 22.0 Å². The van der Waals surface area contributed by atoms with Crippen LogP contribution in [-0.4, -0.2) is 22.1 Å². The lowest BCUT2D eigenvalue weighted by Gasteiger charge is -2.16. The molecule has 0 aliphatic heterocycles. The molecule has 0 fully saturated rings. The molecule has 4 aromatic rings. The zero-order valence-corrected chi connectivity index (χ0v) is 17.4. The van der Waals surface area contributed by atoms with Gasteiger partial charge >= 0.3 is 6.18 Å². The van der Waals surface area contributed by atoms with E-state index in [0.29, 0.717) is 16.3 Å². The van der Waals surface area contributed by atoms with Crippen molar-refractivity contribution >= 4 is 34.3 Å². The molecule has 0 atom stereocenters. The van der Waals surface area contributed by atoms with E-state index in [-0.39, 0.29) is 26.5 Å². The Kier molecular flexibility index (Phi) is 5.63. The molecule has 0 bridgehead atoms. The van der Waals surface area contributed by atoms with Gasteiger partial charge in [-0.15, -0.1) is 0 Å². The summed E-state index contributed by atoms with van der Waals surface area (Å²) in [5.74, 6) is 0.351. The van der Waals surface area contributed by atoms with Crippen molar-refractivity contribution in [2.24, 2.45) is 0 Å². The fraction of sp³-hybridized carbons (Fsp3) is 0.0952. The molecule has 2 aromatic heterocycles. The van der Waals surface area contributed by atoms with Gasteiger partial charge in [-0.2, -0.15) is 13.2 Å². The molecule has 0 aliphatic rings. The molecule has 0 radical (unpaired) electrons. The van der Waals surface area contributed by atoms with E-state index >= 15 is 0 Å². The lowest BCUT2D eigenvalue weighted by molar-refractivity contribution is -0.137. The average Bonchev–Trinajstić information content (AvgIpc) is 2.74. The van der Waals surface area contributed by atoms with E-state index in [4.69, 9.17) is 16.3 Å². The van der Waals surface area contributed by atoms with Crippen molar-refractivity contribution in [3.63, 3.8) is 0 Å². The number of rotatable bonds is 4. The Labute approximate surface area is 183 Å². The van der Waals surface area contributed by atoms with Gasteiger partial charge < -0.3 is 9.72 Å². The van der Waals surface area contributed by atoms with Crippen molar-refractivity contribution in [1.29, 1.82) is 0 Å². The molecule has 0 aliphatic carbocycles. The van der Waals surface area contributed by atoms with Crippen LogP contribution >= 0.6 is 23.4 Å². The molecule has 0 amide bonds. The minimum Gasteiger partial charge on any atom is -0.496 e. The lowest BCUT2D eigenvalue weighted by Crippen LogP contribution is -2.12. The molecule has 2 aromatic carbocycles. The van der Waals surface area contributed by atoms with Crippen LogP contribution in [0.3, 0.4) is 0 Å². The molecular formula is C21H13ClF3N3O2S. The first-order valence-electron chi connectivity index (χ1n) is 8.84. The summed E-state index contributed by atoms with van der Waals surface area (Å²) < 4.78 is 45.7. The topological polar surface area (TPSA) is 67.9 Å². The molecule has 0 spiro atoms. The van der Waals surface area contributed by atoms with Gasteiger partial charge in [-0.25, -0.2) is 9.97 Å². The number of aromatic amines is 1. The Morgan fingerprint density at radius 2 is 1.84 bits per heavy atom. The molecule has 5 nitrogen and oxygen atoms in total. The maximum absolute atomic E-state index is 13.4. The Morgan fingerprint density at radius 3 is 2.52 bits per heavy atom. The highest BCUT2D eigenvalue weighted by Gasteiger charge is 2.31. The highest BCUT2D eigenvalue weighted by molar-refractivity contribution is 7.99. The molecule has 2 heterocycles. The second-order valence-electron chi connectivity index (χ2n) is 6.39. The second-order valence-corrected chi connectivity index (χ2v) is 7.81. The van der Waals surface area contributed by atoms with Crippen molar-refractivity contribution < 1.29 is 17.9 Å². The zero-order valence-electron chi connectivity index (χ0n) is 15.8. The number of hydrogen-bond donors (Lipinski definition) is 1. The number of nitrogens with zero attached hydrogens (tertiary/aromatic N) is 2. The van der Waals surface area contributed by atoms with Gasteiger partial charge in [-0.3, -0.25) is 4.79 Å². The normalized spacial score (nSPS) is 11.6. The van der Waals surface area contributed by atoms with E-state index in [1.54, 1.807) is 24.3 Å². The van der Waals surface area contributed by atoms with Gasteiger partial charge in [0, 0.05) is 39.4 Å². The van der Waals surface area contributed by atoms with Crippen LogP contribution in [0.15, 0.2) is 69.7 Å². The highest BCUT2D eigenvalue weighted by Crippen LogP contribution is 2.43. The highest BCUT2D eigenvalue weighted by atomic mass is 35.5. The van der Waals surface area contributed by atoms with Crippen LogP contribution in [-0.2, 0) is 6.18 Å². The summed E-state index contributed by atoms with van der Waals surface area (Å²) in [4.78, 5) is 24.0. The first kappa shape index (κ1) is 21.2. The molecule has 31 heavy (non-hydrogen) atoms. The van der Waals surface area contributed by atoms with Crippen LogP contribution in [0.4, 0.5) is 13.2 Å². The molecule has 1 N–H and O–H groups in total. The van der Waals surface area contributed by atoms with Crippen molar-refractivity contribution in [3.05, 3.63) is 75.8 Å². The number of halogens is 4. The van der Waals surface area contributed by atoms with Crippen LogP contribution in [0.5, 0.6) is 5.75 Å². The number of hydrogen-bond acceptors (Lipinski definition) is 5. The summed E-state index contributed by atoms with van der Waals surface area (Å²) in [6, 6.07) is 9.49. The Morgan fingerprint density at radius 1 is 1.10 bits per heavy atom. The summed E-state index contributed by atoms with van der Waals surface area (Å²) in [6.45, 7) is 0. The molecular weight excluding hydrogens is 451 g/mol. The van der Waals surface area contributed by atoms with Gasteiger partial charge in [0.2, 0.25) is 0 Å². The first-order valence-corrected chi connectivity index (χ1v) is 10.0. The number of H-pyrrole nitrogens is 1. The summed E-state index contributed by atoms with van der Waals surface area (Å²) in [6.07, 6.45) is -1.55. The number of alkyl halides is 3. The Hall–Kier alpha value is -3.04. The van der Waals surface area contributed by atoms with Gasteiger partial charge in [0.1, 0.15) is 5.75 Å². The number of pyridine rings is 1. The van der Waals surface area contributed by atoms with Gasteiger partial charge in [0.15, 0.2) is 5.16 Å². The third-order valence-electron chi connectivity index (χ3n) is 4.46. The van der Waals surface area contributed by atoms with Gasteiger partial charge in [0.25, 0.3) is 5.56 Å². The molecule has 0 saturated carbocycles. The molecule has 10 heteroatoms. The largest absolute Gasteiger partial charge is 0.496 e. The monoisotopic (exact) mass is 463 g/mol. The fourth-order valence-electron chi connectivity index (χ4n) is 3.12. The summed E-state index contributed by atoms with van der Waals surface area (Å²) in [5.41, 5.74) is -0.471. The number of aromatic nitrogens is 3. The number of methoxy groups -OCH3 is 1. The Balaban J connectivity index is 2.11. The minimum atomic E-state index is -4.56. The standard InChI is InChI=1S/C21H13ClF3N3O2S/c1-30-16-6-4-12(22)10-14(16)17-13-9-11(21(23,24)25)3-5-15(13)28-19(29)18(17)31-20-26-7-2-8-27-20/h2-10H,1H3,(H,28,29). The number of nitrogens with one attached hydrogen (secondary N) is 1. The average molecular weight is 464 g/mol. The van der Waals surface area contributed by atoms with E-state index in [0.717, 1.165) is 23.9 Å². The predicted molar refractivity (Wildman–Crippen MR) is 113 cm³/mol. The van der Waals surface area contributed by atoms with Crippen LogP contribution in [0.2, 0.25) is 5.02 Å². The van der Waals surface area contributed by atoms with E-state index in [9.17, 15) is 18.0 Å². The van der Waals surface area contributed by atoms with Gasteiger partial charge in [-0.05, 0) is 54.2 Å². The van der Waals surface area contributed by atoms with Crippen molar-refractivity contribution in [1.82, 2.24) is 15.0 Å². The molecule has 0 saturated heterocycles. The van der Waals surface area contributed by atoms with Crippen molar-refractivity contribution in [2.75, 3.05) is 7.11 Å². The quantitative estimate of drug-likeness (QED) is 0.386. The molecule has 4 rings (SSSR count). The third-order valence-corrected chi connectivity index (χ3v) is 5.69. The van der Waals surface area contributed by atoms with Crippen LogP contribution in [0.1, 0.15) is 5.56 Å². The van der Waals surface area contributed by atoms with Crippen molar-refractivity contribution in [3.8, 4) is 16.9 Å². The lowest BCUT2D eigenvalue weighted by atomic mass is 9.98. The smallest absolute Gasteiger partial charge is 0.416 e. The minimum absolute atomic E-state index is 0.124. The predicted octanol–water partition coefficient (Wildman–Crippen LogP) is 5.82. The van der Waals surface area contributed by atoms with Gasteiger partial charge in [0.05, 0.1) is 17.6 Å². The second kappa shape index (κ2) is 8.24. The van der Waals surface area contributed by atoms with E-state index in [2.05, 4.69) is 15.0 Å². The van der Waals surface area contributed by atoms with Crippen molar-refractivity contribution in [2.45, 2.75) is 16.2 Å². The summed E-state index contributed by atoms with van der Waals surface area (Å²) in [7, 11) is 1.43. The van der Waals surface area contributed by atoms with E-state index < -0.39 is 17.3 Å². The number of ether oxygens (including phenoxy) is 1. The third kappa shape index (κ3) is 4.24. The van der Waals surface area contributed by atoms with Gasteiger partial charge in [-0.1, -0.05) is 11.6 Å². The maximum atomic E-state index is 13.4. The fourth-order valence-corrected chi connectivity index (χ4v) is 4.17. The molecule has 158 valence electrons. The maximum Gasteiger partial charge on any atom is 0.416 e.